The summed E-state index contributed by atoms with van der Waals surface area (Å²) >= 11 is 6.86. The number of halogens is 2. The average molecular weight is 373 g/mol. The van der Waals surface area contributed by atoms with Crippen LogP contribution in [-0.4, -0.2) is 11.9 Å². The molecule has 1 aromatic rings. The molecule has 1 aliphatic rings. The van der Waals surface area contributed by atoms with Crippen molar-refractivity contribution < 1.29 is 4.79 Å². The predicted octanol–water partition coefficient (Wildman–Crippen LogP) is 4.28. The van der Waals surface area contributed by atoms with Crippen LogP contribution in [0.4, 0.5) is 0 Å². The maximum Gasteiger partial charge on any atom is 0.244 e. The molecule has 0 aliphatic heterocycles. The van der Waals surface area contributed by atoms with Crippen molar-refractivity contribution in [2.75, 3.05) is 0 Å². The maximum absolute atomic E-state index is 11.7. The average Bonchev–Trinajstić information content (AvgIpc) is 2.83. The number of hydrogen-bond donors (Lipinski definition) is 1. The molecule has 1 N–H and O–H groups in total. The molecular weight excluding hydrogens is 358 g/mol. The first-order chi connectivity index (χ1) is 8.65. The third kappa shape index (κ3) is 3.95. The van der Waals surface area contributed by atoms with E-state index in [9.17, 15) is 4.79 Å². The molecule has 0 unspecified atom stereocenters. The lowest BCUT2D eigenvalue weighted by Gasteiger charge is -2.09. The van der Waals surface area contributed by atoms with E-state index >= 15 is 0 Å². The highest BCUT2D eigenvalue weighted by molar-refractivity contribution is 9.13. The molecule has 18 heavy (non-hydrogen) atoms. The molecule has 0 spiro atoms. The highest BCUT2D eigenvalue weighted by Gasteiger charge is 2.15. The Hall–Kier alpha value is -0.610. The first kappa shape index (κ1) is 13.8. The Balaban J connectivity index is 1.92. The van der Waals surface area contributed by atoms with Gasteiger partial charge in [0.15, 0.2) is 0 Å². The molecule has 2 nitrogen and oxygen atoms in total. The van der Waals surface area contributed by atoms with Crippen LogP contribution in [-0.2, 0) is 4.79 Å². The van der Waals surface area contributed by atoms with Gasteiger partial charge in [0.1, 0.15) is 0 Å². The Morgan fingerprint density at radius 3 is 2.61 bits per heavy atom. The van der Waals surface area contributed by atoms with Crippen LogP contribution in [0.15, 0.2) is 33.2 Å². The van der Waals surface area contributed by atoms with Gasteiger partial charge in [0, 0.05) is 21.1 Å². The summed E-state index contributed by atoms with van der Waals surface area (Å²) in [6.45, 7) is 0. The fraction of sp³-hybridized carbons (Fsp3) is 0.357. The summed E-state index contributed by atoms with van der Waals surface area (Å²) in [6, 6.07) is 6.27. The van der Waals surface area contributed by atoms with Crippen LogP contribution in [0.3, 0.4) is 0 Å². The van der Waals surface area contributed by atoms with Crippen LogP contribution in [0.1, 0.15) is 31.2 Å². The topological polar surface area (TPSA) is 29.1 Å². The van der Waals surface area contributed by atoms with E-state index in [4.69, 9.17) is 0 Å². The van der Waals surface area contributed by atoms with Crippen LogP contribution < -0.4 is 5.32 Å². The van der Waals surface area contributed by atoms with Crippen molar-refractivity contribution in [1.82, 2.24) is 5.32 Å². The first-order valence-corrected chi connectivity index (χ1v) is 7.67. The van der Waals surface area contributed by atoms with E-state index in [-0.39, 0.29) is 5.91 Å². The quantitative estimate of drug-likeness (QED) is 0.788. The number of carbonyl (C=O) groups excluding carboxylic acids is 1. The molecule has 0 heterocycles. The van der Waals surface area contributed by atoms with Gasteiger partial charge in [0.25, 0.3) is 0 Å². The van der Waals surface area contributed by atoms with Gasteiger partial charge in [-0.1, -0.05) is 18.9 Å². The van der Waals surface area contributed by atoms with Gasteiger partial charge in [-0.25, -0.2) is 0 Å². The molecule has 1 saturated carbocycles. The summed E-state index contributed by atoms with van der Waals surface area (Å²) in [7, 11) is 0. The Morgan fingerprint density at radius 2 is 1.94 bits per heavy atom. The molecular formula is C14H15Br2NO. The fourth-order valence-electron chi connectivity index (χ4n) is 2.11. The number of benzene rings is 1. The summed E-state index contributed by atoms with van der Waals surface area (Å²) in [5.74, 6) is 0.000871. The molecule has 0 bridgehead atoms. The number of nitrogens with one attached hydrogen (secondary N) is 1. The minimum Gasteiger partial charge on any atom is -0.350 e. The standard InChI is InChI=1S/C14H15Br2NO/c15-12-7-5-10(9-13(12)16)6-8-14(18)17-11-3-1-2-4-11/h5-9,11H,1-4H2,(H,17,18). The lowest BCUT2D eigenvalue weighted by molar-refractivity contribution is -0.117. The third-order valence-corrected chi connectivity index (χ3v) is 4.95. The zero-order chi connectivity index (χ0) is 13.0. The molecule has 0 radical (unpaired) electrons. The molecule has 1 fully saturated rings. The summed E-state index contributed by atoms with van der Waals surface area (Å²) in [5, 5.41) is 3.03. The Morgan fingerprint density at radius 1 is 1.22 bits per heavy atom. The number of rotatable bonds is 3. The van der Waals surface area contributed by atoms with E-state index in [0.29, 0.717) is 6.04 Å². The van der Waals surface area contributed by atoms with E-state index < -0.39 is 0 Å². The zero-order valence-electron chi connectivity index (χ0n) is 9.96. The van der Waals surface area contributed by atoms with Crippen LogP contribution in [0.5, 0.6) is 0 Å². The first-order valence-electron chi connectivity index (χ1n) is 6.09. The molecule has 1 aliphatic carbocycles. The summed E-state index contributed by atoms with van der Waals surface area (Å²) in [4.78, 5) is 11.7. The van der Waals surface area contributed by atoms with Gasteiger partial charge in [0.2, 0.25) is 5.91 Å². The fourth-order valence-corrected chi connectivity index (χ4v) is 2.75. The molecule has 2 rings (SSSR count). The lowest BCUT2D eigenvalue weighted by Crippen LogP contribution is -2.30. The van der Waals surface area contributed by atoms with Crippen molar-refractivity contribution in [3.8, 4) is 0 Å². The largest absolute Gasteiger partial charge is 0.350 e. The minimum absolute atomic E-state index is 0.000871. The van der Waals surface area contributed by atoms with Crippen LogP contribution >= 0.6 is 31.9 Å². The Labute approximate surface area is 124 Å². The van der Waals surface area contributed by atoms with E-state index in [1.54, 1.807) is 6.08 Å². The van der Waals surface area contributed by atoms with Gasteiger partial charge >= 0.3 is 0 Å². The molecule has 0 saturated heterocycles. The number of amides is 1. The van der Waals surface area contributed by atoms with E-state index in [1.165, 1.54) is 12.8 Å². The molecule has 1 aromatic carbocycles. The third-order valence-electron chi connectivity index (χ3n) is 3.07. The zero-order valence-corrected chi connectivity index (χ0v) is 13.1. The summed E-state index contributed by atoms with van der Waals surface area (Å²) < 4.78 is 2.00. The van der Waals surface area contributed by atoms with Gasteiger partial charge in [-0.15, -0.1) is 0 Å². The normalized spacial score (nSPS) is 16.3. The van der Waals surface area contributed by atoms with Crippen LogP contribution in [0.2, 0.25) is 0 Å². The molecule has 0 aromatic heterocycles. The van der Waals surface area contributed by atoms with Crippen molar-refractivity contribution in [1.29, 1.82) is 0 Å². The summed E-state index contributed by atoms with van der Waals surface area (Å²) in [6.07, 6.45) is 8.13. The van der Waals surface area contributed by atoms with Gasteiger partial charge in [0.05, 0.1) is 0 Å². The molecule has 96 valence electrons. The predicted molar refractivity (Wildman–Crippen MR) is 81.3 cm³/mol. The van der Waals surface area contributed by atoms with Gasteiger partial charge in [-0.3, -0.25) is 4.79 Å². The molecule has 4 heteroatoms. The Bertz CT molecular complexity index is 465. The maximum atomic E-state index is 11.7. The number of carbonyl (C=O) groups is 1. The number of hydrogen-bond acceptors (Lipinski definition) is 1. The van der Waals surface area contributed by atoms with Crippen LogP contribution in [0, 0.1) is 0 Å². The van der Waals surface area contributed by atoms with Gasteiger partial charge in [-0.05, 0) is 68.5 Å². The summed E-state index contributed by atoms with van der Waals surface area (Å²) in [5.41, 5.74) is 1.01. The highest BCUT2D eigenvalue weighted by atomic mass is 79.9. The second-order valence-electron chi connectivity index (χ2n) is 4.50. The second-order valence-corrected chi connectivity index (χ2v) is 6.21. The van der Waals surface area contributed by atoms with Gasteiger partial charge in [-0.2, -0.15) is 0 Å². The van der Waals surface area contributed by atoms with Crippen LogP contribution in [0.25, 0.3) is 6.08 Å². The smallest absolute Gasteiger partial charge is 0.244 e. The van der Waals surface area contributed by atoms with Crippen molar-refractivity contribution in [3.63, 3.8) is 0 Å². The minimum atomic E-state index is 0.000871. The van der Waals surface area contributed by atoms with Gasteiger partial charge < -0.3 is 5.32 Å². The lowest BCUT2D eigenvalue weighted by atomic mass is 10.2. The van der Waals surface area contributed by atoms with Crippen molar-refractivity contribution >= 4 is 43.8 Å². The van der Waals surface area contributed by atoms with Crippen molar-refractivity contribution in [2.24, 2.45) is 0 Å². The Kier molecular flexibility index (Phi) is 5.01. The SMILES string of the molecule is O=C(C=Cc1ccc(Br)c(Br)c1)NC1CCCC1. The molecule has 0 atom stereocenters. The second kappa shape index (κ2) is 6.53. The van der Waals surface area contributed by atoms with Crippen molar-refractivity contribution in [3.05, 3.63) is 38.8 Å². The van der Waals surface area contributed by atoms with E-state index in [2.05, 4.69) is 37.2 Å². The molecule has 1 amide bonds. The highest BCUT2D eigenvalue weighted by Crippen LogP contribution is 2.24. The van der Waals surface area contributed by atoms with E-state index in [0.717, 1.165) is 27.4 Å². The monoisotopic (exact) mass is 371 g/mol. The van der Waals surface area contributed by atoms with E-state index in [1.807, 2.05) is 24.3 Å². The van der Waals surface area contributed by atoms with Crippen molar-refractivity contribution in [2.45, 2.75) is 31.7 Å².